The van der Waals surface area contributed by atoms with Gasteiger partial charge in [-0.15, -0.1) is 0 Å². The van der Waals surface area contributed by atoms with E-state index in [9.17, 15) is 8.42 Å². The van der Waals surface area contributed by atoms with Gasteiger partial charge in [0.1, 0.15) is 0 Å². The Bertz CT molecular complexity index is 560. The average molecular weight is 221 g/mol. The van der Waals surface area contributed by atoms with E-state index in [4.69, 9.17) is 0 Å². The predicted octanol–water partition coefficient (Wildman–Crippen LogP) is 1.69. The van der Waals surface area contributed by atoms with Crippen LogP contribution >= 0.6 is 0 Å². The number of allylic oxidation sites excluding steroid dienone is 1. The molecule has 0 fully saturated rings. The van der Waals surface area contributed by atoms with Gasteiger partial charge >= 0.3 is 0 Å². The van der Waals surface area contributed by atoms with Crippen molar-refractivity contribution < 1.29 is 8.42 Å². The maximum Gasteiger partial charge on any atom is 0.264 e. The molecule has 2 heterocycles. The van der Waals surface area contributed by atoms with Crippen LogP contribution in [-0.2, 0) is 10.0 Å². The molecule has 3 rings (SSSR count). The van der Waals surface area contributed by atoms with Gasteiger partial charge in [0.2, 0.25) is 0 Å². The van der Waals surface area contributed by atoms with Crippen molar-refractivity contribution in [1.29, 1.82) is 0 Å². The van der Waals surface area contributed by atoms with Crippen LogP contribution in [0.2, 0.25) is 0 Å². The highest BCUT2D eigenvalue weighted by atomic mass is 32.2. The summed E-state index contributed by atoms with van der Waals surface area (Å²) in [5.74, 6) is 0.240. The molecule has 0 saturated heterocycles. The van der Waals surface area contributed by atoms with Crippen molar-refractivity contribution in [3.63, 3.8) is 0 Å². The molecule has 0 saturated carbocycles. The van der Waals surface area contributed by atoms with Gasteiger partial charge in [-0.2, -0.15) is 0 Å². The van der Waals surface area contributed by atoms with Crippen LogP contribution in [0.15, 0.2) is 40.9 Å². The van der Waals surface area contributed by atoms with Gasteiger partial charge in [0.15, 0.2) is 0 Å². The smallest absolute Gasteiger partial charge is 0.264 e. The molecule has 15 heavy (non-hydrogen) atoms. The van der Waals surface area contributed by atoms with Crippen LogP contribution in [0.1, 0.15) is 18.4 Å². The zero-order valence-electron chi connectivity index (χ0n) is 8.34. The Morgan fingerprint density at radius 2 is 2.07 bits per heavy atom. The number of benzene rings is 1. The van der Waals surface area contributed by atoms with Gasteiger partial charge in [-0.25, -0.2) is 8.42 Å². The third kappa shape index (κ3) is 1.03. The minimum Gasteiger partial charge on any atom is -0.270 e. The zero-order valence-corrected chi connectivity index (χ0v) is 9.16. The third-order valence-electron chi connectivity index (χ3n) is 3.08. The second-order valence-electron chi connectivity index (χ2n) is 3.99. The van der Waals surface area contributed by atoms with E-state index >= 15 is 0 Å². The van der Waals surface area contributed by atoms with E-state index in [0.29, 0.717) is 11.4 Å². The van der Waals surface area contributed by atoms with Gasteiger partial charge in [0, 0.05) is 18.2 Å². The molecule has 0 aromatic heterocycles. The molecule has 0 spiro atoms. The van der Waals surface area contributed by atoms with Crippen LogP contribution in [0.5, 0.6) is 0 Å². The summed E-state index contributed by atoms with van der Waals surface area (Å²) in [5, 5.41) is 0. The summed E-state index contributed by atoms with van der Waals surface area (Å²) in [6.07, 6.45) is 2.03. The molecule has 2 bridgehead atoms. The summed E-state index contributed by atoms with van der Waals surface area (Å²) in [6, 6.07) is 7.27. The van der Waals surface area contributed by atoms with Crippen molar-refractivity contribution in [2.24, 2.45) is 0 Å². The van der Waals surface area contributed by atoms with Gasteiger partial charge in [-0.3, -0.25) is 4.31 Å². The van der Waals surface area contributed by atoms with Crippen LogP contribution in [0.3, 0.4) is 0 Å². The first kappa shape index (κ1) is 8.97. The Kier molecular flexibility index (Phi) is 1.58. The number of hydrogen-bond donors (Lipinski definition) is 0. The normalized spacial score (nSPS) is 26.1. The van der Waals surface area contributed by atoms with Crippen molar-refractivity contribution in [3.05, 3.63) is 41.6 Å². The molecule has 0 N–H and O–H groups in total. The van der Waals surface area contributed by atoms with E-state index in [0.717, 1.165) is 11.3 Å². The number of rotatable bonds is 0. The van der Waals surface area contributed by atoms with E-state index in [1.165, 1.54) is 4.31 Å². The number of sulfonamides is 1. The van der Waals surface area contributed by atoms with Crippen molar-refractivity contribution in [2.45, 2.75) is 17.7 Å². The Morgan fingerprint density at radius 3 is 2.87 bits per heavy atom. The minimum absolute atomic E-state index is 0.240. The molecular weight excluding hydrogens is 210 g/mol. The van der Waals surface area contributed by atoms with Gasteiger partial charge < -0.3 is 0 Å². The first-order valence-electron chi connectivity index (χ1n) is 4.91. The molecule has 1 atom stereocenters. The van der Waals surface area contributed by atoms with Crippen LogP contribution in [0.25, 0.3) is 0 Å². The Morgan fingerprint density at radius 1 is 1.33 bits per heavy atom. The summed E-state index contributed by atoms with van der Waals surface area (Å²) in [6.45, 7) is 2.43. The van der Waals surface area contributed by atoms with Crippen molar-refractivity contribution in [1.82, 2.24) is 4.31 Å². The SMILES string of the molecule is CC1=C[C@@H]2CN1S(=O)(=O)c1ccccc12. The minimum atomic E-state index is -3.28. The lowest BCUT2D eigenvalue weighted by Gasteiger charge is -2.27. The Labute approximate surface area is 89.1 Å². The molecule has 4 heteroatoms. The third-order valence-corrected chi connectivity index (χ3v) is 5.03. The molecule has 0 radical (unpaired) electrons. The van der Waals surface area contributed by atoms with Crippen LogP contribution in [0.4, 0.5) is 0 Å². The van der Waals surface area contributed by atoms with E-state index in [1.807, 2.05) is 25.1 Å². The topological polar surface area (TPSA) is 37.4 Å². The van der Waals surface area contributed by atoms with E-state index in [-0.39, 0.29) is 5.92 Å². The highest BCUT2D eigenvalue weighted by Gasteiger charge is 2.39. The quantitative estimate of drug-likeness (QED) is 0.668. The second-order valence-corrected chi connectivity index (χ2v) is 5.82. The van der Waals surface area contributed by atoms with E-state index in [1.54, 1.807) is 12.1 Å². The van der Waals surface area contributed by atoms with Crippen LogP contribution < -0.4 is 0 Å². The van der Waals surface area contributed by atoms with E-state index < -0.39 is 10.0 Å². The van der Waals surface area contributed by atoms with Gasteiger partial charge in [0.05, 0.1) is 4.90 Å². The van der Waals surface area contributed by atoms with Crippen molar-refractivity contribution >= 4 is 10.0 Å². The van der Waals surface area contributed by atoms with Crippen molar-refractivity contribution in [2.75, 3.05) is 6.54 Å². The fraction of sp³-hybridized carbons (Fsp3) is 0.273. The lowest BCUT2D eigenvalue weighted by molar-refractivity contribution is 0.474. The summed E-state index contributed by atoms with van der Waals surface area (Å²) >= 11 is 0. The highest BCUT2D eigenvalue weighted by Crippen LogP contribution is 2.41. The largest absolute Gasteiger partial charge is 0.270 e. The molecule has 0 unspecified atom stereocenters. The molecule has 78 valence electrons. The number of hydrogen-bond acceptors (Lipinski definition) is 2. The van der Waals surface area contributed by atoms with Gasteiger partial charge in [-0.05, 0) is 18.6 Å². The lowest BCUT2D eigenvalue weighted by Crippen LogP contribution is -2.33. The first-order valence-corrected chi connectivity index (χ1v) is 6.35. The summed E-state index contributed by atoms with van der Waals surface area (Å²) in [4.78, 5) is 0.467. The molecule has 0 amide bonds. The number of fused-ring (bicyclic) bond motifs is 4. The zero-order chi connectivity index (χ0) is 10.6. The lowest BCUT2D eigenvalue weighted by atomic mass is 10.0. The Hall–Kier alpha value is -1.29. The second kappa shape index (κ2) is 2.64. The maximum absolute atomic E-state index is 12.2. The maximum atomic E-state index is 12.2. The van der Waals surface area contributed by atoms with Crippen LogP contribution in [-0.4, -0.2) is 19.3 Å². The summed E-state index contributed by atoms with van der Waals surface area (Å²) < 4.78 is 25.8. The summed E-state index contributed by atoms with van der Waals surface area (Å²) in [5.41, 5.74) is 1.78. The van der Waals surface area contributed by atoms with Gasteiger partial charge in [-0.1, -0.05) is 24.3 Å². The fourth-order valence-electron chi connectivity index (χ4n) is 2.37. The molecule has 0 aliphatic carbocycles. The predicted molar refractivity (Wildman–Crippen MR) is 56.8 cm³/mol. The first-order chi connectivity index (χ1) is 7.10. The molecule has 2 aliphatic heterocycles. The monoisotopic (exact) mass is 221 g/mol. The highest BCUT2D eigenvalue weighted by molar-refractivity contribution is 7.89. The molecule has 1 aromatic carbocycles. The van der Waals surface area contributed by atoms with E-state index in [2.05, 4.69) is 0 Å². The molecule has 3 nitrogen and oxygen atoms in total. The van der Waals surface area contributed by atoms with Crippen molar-refractivity contribution in [3.8, 4) is 0 Å². The van der Waals surface area contributed by atoms with Crippen LogP contribution in [0, 0.1) is 0 Å². The van der Waals surface area contributed by atoms with Gasteiger partial charge in [0.25, 0.3) is 10.0 Å². The molecular formula is C11H11NO2S. The molecule has 2 aliphatic rings. The summed E-state index contributed by atoms with van der Waals surface area (Å²) in [7, 11) is -3.28. The number of nitrogens with zero attached hydrogens (tertiary/aromatic N) is 1. The molecule has 1 aromatic rings. The fourth-order valence-corrected chi connectivity index (χ4v) is 4.17. The average Bonchev–Trinajstić information content (AvgIpc) is 2.57. The standard InChI is InChI=1S/C11H11NO2S/c1-8-6-9-7-12(8)15(13,14)11-5-3-2-4-10(9)11/h2-6,9H,7H2,1H3/t9-/m1/s1. The Balaban J connectivity index is 2.36.